The number of amides is 3. The van der Waals surface area contributed by atoms with Gasteiger partial charge in [0.05, 0.1) is 5.75 Å². The monoisotopic (exact) mass is 474 g/mol. The van der Waals surface area contributed by atoms with E-state index >= 15 is 0 Å². The van der Waals surface area contributed by atoms with Crippen LogP contribution in [0.4, 0.5) is 16.3 Å². The van der Waals surface area contributed by atoms with Gasteiger partial charge in [0.1, 0.15) is 5.82 Å². The van der Waals surface area contributed by atoms with Crippen molar-refractivity contribution >= 4 is 33.5 Å². The minimum atomic E-state index is -3.50. The van der Waals surface area contributed by atoms with Crippen molar-refractivity contribution in [1.82, 2.24) is 19.9 Å². The first-order chi connectivity index (χ1) is 15.7. The molecule has 1 aromatic carbocycles. The Hall–Kier alpha value is -3.18. The maximum atomic E-state index is 12.7. The highest BCUT2D eigenvalue weighted by atomic mass is 32.2. The van der Waals surface area contributed by atoms with Crippen molar-refractivity contribution in [3.63, 3.8) is 0 Å². The SMILES string of the molecule is CC(C)NC(=O)Nc1cccc(C(=O)NCCS(=O)(=O)N2CCN(c3ccccn3)CC2)c1. The fourth-order valence-electron chi connectivity index (χ4n) is 3.43. The Labute approximate surface area is 194 Å². The summed E-state index contributed by atoms with van der Waals surface area (Å²) in [4.78, 5) is 30.7. The van der Waals surface area contributed by atoms with Gasteiger partial charge in [-0.25, -0.2) is 18.2 Å². The quantitative estimate of drug-likeness (QED) is 0.533. The number of piperazine rings is 1. The largest absolute Gasteiger partial charge is 0.354 e. The first kappa shape index (κ1) is 24.5. The van der Waals surface area contributed by atoms with E-state index in [0.717, 1.165) is 5.82 Å². The highest BCUT2D eigenvalue weighted by Crippen LogP contribution is 2.15. The molecule has 11 heteroatoms. The minimum absolute atomic E-state index is 0.00683. The molecule has 1 aliphatic rings. The molecule has 1 aromatic heterocycles. The van der Waals surface area contributed by atoms with Crippen molar-refractivity contribution in [2.24, 2.45) is 0 Å². The fraction of sp³-hybridized carbons (Fsp3) is 0.409. The van der Waals surface area contributed by atoms with Crippen molar-refractivity contribution in [3.05, 3.63) is 54.2 Å². The summed E-state index contributed by atoms with van der Waals surface area (Å²) in [5, 5.41) is 8.02. The number of carbonyl (C=O) groups excluding carboxylic acids is 2. The predicted octanol–water partition coefficient (Wildman–Crippen LogP) is 1.49. The van der Waals surface area contributed by atoms with Crippen LogP contribution in [0.5, 0.6) is 0 Å². The van der Waals surface area contributed by atoms with Crippen molar-refractivity contribution < 1.29 is 18.0 Å². The summed E-state index contributed by atoms with van der Waals surface area (Å²) >= 11 is 0. The van der Waals surface area contributed by atoms with Crippen LogP contribution in [0, 0.1) is 0 Å². The van der Waals surface area contributed by atoms with E-state index in [1.54, 1.807) is 30.5 Å². The number of benzene rings is 1. The van der Waals surface area contributed by atoms with Gasteiger partial charge in [-0.15, -0.1) is 0 Å². The van der Waals surface area contributed by atoms with Gasteiger partial charge >= 0.3 is 6.03 Å². The highest BCUT2D eigenvalue weighted by molar-refractivity contribution is 7.89. The number of urea groups is 1. The van der Waals surface area contributed by atoms with Crippen LogP contribution >= 0.6 is 0 Å². The number of hydrogen-bond acceptors (Lipinski definition) is 6. The summed E-state index contributed by atoms with van der Waals surface area (Å²) in [6.45, 7) is 5.56. The standard InChI is InChI=1S/C22H30N6O4S/c1-17(2)25-22(30)26-19-7-5-6-18(16-19)21(29)24-10-15-33(31,32)28-13-11-27(12-14-28)20-8-3-4-9-23-20/h3-9,16-17H,10-15H2,1-2H3,(H,24,29)(H2,25,26,30). The molecule has 10 nitrogen and oxygen atoms in total. The molecular formula is C22H30N6O4S. The smallest absolute Gasteiger partial charge is 0.319 e. The Morgan fingerprint density at radius 2 is 1.82 bits per heavy atom. The molecule has 0 radical (unpaired) electrons. The van der Waals surface area contributed by atoms with Crippen LogP contribution in [-0.4, -0.2) is 74.2 Å². The summed E-state index contributed by atoms with van der Waals surface area (Å²) in [7, 11) is -3.50. The molecule has 2 heterocycles. The van der Waals surface area contributed by atoms with Crippen LogP contribution in [0.1, 0.15) is 24.2 Å². The minimum Gasteiger partial charge on any atom is -0.354 e. The average molecular weight is 475 g/mol. The van der Waals surface area contributed by atoms with E-state index in [1.165, 1.54) is 4.31 Å². The molecule has 1 fully saturated rings. The second kappa shape index (κ2) is 11.1. The van der Waals surface area contributed by atoms with E-state index in [4.69, 9.17) is 0 Å². The molecule has 2 aromatic rings. The molecule has 1 aliphatic heterocycles. The van der Waals surface area contributed by atoms with Gasteiger partial charge in [-0.3, -0.25) is 4.79 Å². The van der Waals surface area contributed by atoms with E-state index in [2.05, 4.69) is 25.8 Å². The lowest BCUT2D eigenvalue weighted by atomic mass is 10.2. The Bertz CT molecular complexity index is 1050. The normalized spacial score (nSPS) is 14.7. The Morgan fingerprint density at radius 3 is 2.48 bits per heavy atom. The number of nitrogens with one attached hydrogen (secondary N) is 3. The molecular weight excluding hydrogens is 444 g/mol. The second-order valence-electron chi connectivity index (χ2n) is 7.98. The zero-order valence-corrected chi connectivity index (χ0v) is 19.6. The maximum absolute atomic E-state index is 12.7. The number of nitrogens with zero attached hydrogens (tertiary/aromatic N) is 3. The van der Waals surface area contributed by atoms with E-state index in [-0.39, 0.29) is 24.4 Å². The fourth-order valence-corrected chi connectivity index (χ4v) is 4.77. The topological polar surface area (TPSA) is 124 Å². The predicted molar refractivity (Wildman–Crippen MR) is 128 cm³/mol. The molecule has 0 spiro atoms. The Kier molecular flexibility index (Phi) is 8.23. The third kappa shape index (κ3) is 7.16. The first-order valence-corrected chi connectivity index (χ1v) is 12.4. The third-order valence-electron chi connectivity index (χ3n) is 5.05. The van der Waals surface area contributed by atoms with Crippen LogP contribution in [0.2, 0.25) is 0 Å². The number of anilines is 2. The zero-order chi connectivity index (χ0) is 23.8. The molecule has 178 valence electrons. The molecule has 0 saturated carbocycles. The van der Waals surface area contributed by atoms with Crippen LogP contribution in [0.3, 0.4) is 0 Å². The molecule has 3 amide bonds. The van der Waals surface area contributed by atoms with Crippen molar-refractivity contribution in [2.45, 2.75) is 19.9 Å². The number of rotatable bonds is 8. The first-order valence-electron chi connectivity index (χ1n) is 10.8. The van der Waals surface area contributed by atoms with Crippen LogP contribution in [0.25, 0.3) is 0 Å². The highest BCUT2D eigenvalue weighted by Gasteiger charge is 2.27. The average Bonchev–Trinajstić information content (AvgIpc) is 2.79. The Morgan fingerprint density at radius 1 is 1.06 bits per heavy atom. The van der Waals surface area contributed by atoms with Gasteiger partial charge in [0.15, 0.2) is 0 Å². The second-order valence-corrected chi connectivity index (χ2v) is 10.1. The van der Waals surface area contributed by atoms with Gasteiger partial charge in [-0.05, 0) is 44.2 Å². The molecule has 0 aliphatic carbocycles. The number of pyridine rings is 1. The summed E-state index contributed by atoms with van der Waals surface area (Å²) in [5.74, 6) is 0.246. The van der Waals surface area contributed by atoms with E-state index in [1.807, 2.05) is 32.0 Å². The van der Waals surface area contributed by atoms with Gasteiger partial charge in [0.25, 0.3) is 5.91 Å². The van der Waals surface area contributed by atoms with E-state index in [9.17, 15) is 18.0 Å². The van der Waals surface area contributed by atoms with Gasteiger partial charge in [0.2, 0.25) is 10.0 Å². The summed E-state index contributed by atoms with van der Waals surface area (Å²) in [5.41, 5.74) is 0.804. The van der Waals surface area contributed by atoms with E-state index in [0.29, 0.717) is 37.4 Å². The number of aromatic nitrogens is 1. The van der Waals surface area contributed by atoms with Crippen LogP contribution in [-0.2, 0) is 10.0 Å². The summed E-state index contributed by atoms with van der Waals surface area (Å²) < 4.78 is 26.8. The van der Waals surface area contributed by atoms with E-state index < -0.39 is 15.9 Å². The number of sulfonamides is 1. The lowest BCUT2D eigenvalue weighted by Gasteiger charge is -2.34. The summed E-state index contributed by atoms with van der Waals surface area (Å²) in [6.07, 6.45) is 1.72. The van der Waals surface area contributed by atoms with Crippen molar-refractivity contribution in [3.8, 4) is 0 Å². The zero-order valence-electron chi connectivity index (χ0n) is 18.8. The van der Waals surface area contributed by atoms with Crippen LogP contribution in [0.15, 0.2) is 48.7 Å². The molecule has 3 rings (SSSR count). The van der Waals surface area contributed by atoms with Crippen molar-refractivity contribution in [1.29, 1.82) is 0 Å². The third-order valence-corrected chi connectivity index (χ3v) is 6.93. The molecule has 0 bridgehead atoms. The summed E-state index contributed by atoms with van der Waals surface area (Å²) in [6, 6.07) is 11.7. The van der Waals surface area contributed by atoms with Gasteiger partial charge in [-0.1, -0.05) is 12.1 Å². The van der Waals surface area contributed by atoms with Gasteiger partial charge in [0, 0.05) is 56.2 Å². The molecule has 0 unspecified atom stereocenters. The maximum Gasteiger partial charge on any atom is 0.319 e. The number of hydrogen-bond donors (Lipinski definition) is 3. The van der Waals surface area contributed by atoms with Gasteiger partial charge < -0.3 is 20.9 Å². The molecule has 1 saturated heterocycles. The number of carbonyl (C=O) groups is 2. The van der Waals surface area contributed by atoms with Crippen molar-refractivity contribution in [2.75, 3.05) is 48.7 Å². The molecule has 3 N–H and O–H groups in total. The van der Waals surface area contributed by atoms with Crippen LogP contribution < -0.4 is 20.9 Å². The Balaban J connectivity index is 1.47. The lowest BCUT2D eigenvalue weighted by molar-refractivity contribution is 0.0956. The molecule has 33 heavy (non-hydrogen) atoms. The lowest BCUT2D eigenvalue weighted by Crippen LogP contribution is -2.50. The van der Waals surface area contributed by atoms with Gasteiger partial charge in [-0.2, -0.15) is 4.31 Å². The molecule has 0 atom stereocenters.